The average Bonchev–Trinajstić information content (AvgIpc) is 2.80. The van der Waals surface area contributed by atoms with Crippen molar-refractivity contribution in [3.63, 3.8) is 0 Å². The summed E-state index contributed by atoms with van der Waals surface area (Å²) in [7, 11) is -3.84. The number of aryl methyl sites for hydroxylation is 1. The van der Waals surface area contributed by atoms with Gasteiger partial charge in [0.05, 0.1) is 0 Å². The van der Waals surface area contributed by atoms with Crippen molar-refractivity contribution in [1.82, 2.24) is 14.6 Å². The molecule has 0 aliphatic carbocycles. The second-order valence-electron chi connectivity index (χ2n) is 4.25. The second-order valence-corrected chi connectivity index (χ2v) is 6.02. The third-order valence-electron chi connectivity index (χ3n) is 2.58. The van der Waals surface area contributed by atoms with E-state index in [1.807, 2.05) is 6.92 Å². The quantitative estimate of drug-likeness (QED) is 0.480. The molecule has 0 aliphatic rings. The molecule has 21 heavy (non-hydrogen) atoms. The van der Waals surface area contributed by atoms with E-state index < -0.39 is 22.0 Å². The standard InChI is InChI=1S/C11H18N4O5S/c1-2-5-15-7-8(6-9(15)10(16)17)21(19,20)14-4-3-13-11(12)18/h6-7,14H,2-5H2,1H3,(H,16,17)(H3,12,13,18). The molecule has 0 fully saturated rings. The van der Waals surface area contributed by atoms with Crippen LogP contribution in [-0.2, 0) is 16.6 Å². The number of rotatable bonds is 8. The lowest BCUT2D eigenvalue weighted by Gasteiger charge is -2.05. The van der Waals surface area contributed by atoms with Crippen LogP contribution in [0, 0.1) is 0 Å². The highest BCUT2D eigenvalue weighted by atomic mass is 32.2. The van der Waals surface area contributed by atoms with Crippen molar-refractivity contribution >= 4 is 22.0 Å². The van der Waals surface area contributed by atoms with Gasteiger partial charge in [0.15, 0.2) is 0 Å². The first-order valence-electron chi connectivity index (χ1n) is 6.24. The van der Waals surface area contributed by atoms with Crippen LogP contribution >= 0.6 is 0 Å². The zero-order valence-electron chi connectivity index (χ0n) is 11.5. The number of aromatic nitrogens is 1. The Morgan fingerprint density at radius 3 is 2.57 bits per heavy atom. The number of nitrogens with one attached hydrogen (secondary N) is 2. The minimum Gasteiger partial charge on any atom is -0.477 e. The number of carboxylic acid groups (broad SMARTS) is 1. The number of hydrogen-bond acceptors (Lipinski definition) is 4. The molecular formula is C11H18N4O5S. The van der Waals surface area contributed by atoms with Gasteiger partial charge in [0.25, 0.3) is 0 Å². The Bertz CT molecular complexity index is 623. The Labute approximate surface area is 122 Å². The number of nitrogens with two attached hydrogens (primary N) is 1. The van der Waals surface area contributed by atoms with Gasteiger partial charge in [-0.2, -0.15) is 0 Å². The molecule has 0 atom stereocenters. The highest BCUT2D eigenvalue weighted by Crippen LogP contribution is 2.15. The molecule has 9 nitrogen and oxygen atoms in total. The van der Waals surface area contributed by atoms with E-state index >= 15 is 0 Å². The molecule has 1 aromatic heterocycles. The smallest absolute Gasteiger partial charge is 0.352 e. The van der Waals surface area contributed by atoms with E-state index in [1.54, 1.807) is 0 Å². The number of nitrogens with zero attached hydrogens (tertiary/aromatic N) is 1. The van der Waals surface area contributed by atoms with Crippen LogP contribution in [0.15, 0.2) is 17.2 Å². The van der Waals surface area contributed by atoms with Crippen molar-refractivity contribution in [2.24, 2.45) is 5.73 Å². The molecule has 0 saturated carbocycles. The third kappa shape index (κ3) is 4.76. The van der Waals surface area contributed by atoms with Gasteiger partial charge in [-0.1, -0.05) is 6.92 Å². The molecule has 2 amide bonds. The van der Waals surface area contributed by atoms with Gasteiger partial charge in [0.1, 0.15) is 10.6 Å². The molecule has 1 aromatic rings. The number of hydrogen-bond donors (Lipinski definition) is 4. The lowest BCUT2D eigenvalue weighted by Crippen LogP contribution is -2.37. The number of carbonyl (C=O) groups excluding carboxylic acids is 1. The van der Waals surface area contributed by atoms with E-state index in [0.29, 0.717) is 13.0 Å². The maximum absolute atomic E-state index is 12.0. The molecule has 0 aliphatic heterocycles. The predicted octanol–water partition coefficient (Wildman–Crippen LogP) is -0.457. The van der Waals surface area contributed by atoms with E-state index in [4.69, 9.17) is 10.8 Å². The highest BCUT2D eigenvalue weighted by Gasteiger charge is 2.20. The van der Waals surface area contributed by atoms with Crippen LogP contribution in [0.5, 0.6) is 0 Å². The fraction of sp³-hybridized carbons (Fsp3) is 0.455. The maximum atomic E-state index is 12.0. The minimum atomic E-state index is -3.84. The molecule has 5 N–H and O–H groups in total. The van der Waals surface area contributed by atoms with E-state index in [9.17, 15) is 18.0 Å². The average molecular weight is 318 g/mol. The van der Waals surface area contributed by atoms with E-state index in [0.717, 1.165) is 6.07 Å². The molecule has 0 unspecified atom stereocenters. The minimum absolute atomic E-state index is 0.0377. The Morgan fingerprint density at radius 1 is 1.38 bits per heavy atom. The Balaban J connectivity index is 2.85. The normalized spacial score (nSPS) is 11.3. The first-order chi connectivity index (χ1) is 9.77. The van der Waals surface area contributed by atoms with Crippen molar-refractivity contribution in [1.29, 1.82) is 0 Å². The Morgan fingerprint density at radius 2 is 2.05 bits per heavy atom. The van der Waals surface area contributed by atoms with Crippen molar-refractivity contribution in [2.75, 3.05) is 13.1 Å². The van der Waals surface area contributed by atoms with Gasteiger partial charge in [-0.15, -0.1) is 0 Å². The summed E-state index contributed by atoms with van der Waals surface area (Å²) in [5.74, 6) is -1.19. The maximum Gasteiger partial charge on any atom is 0.352 e. The molecule has 0 radical (unpaired) electrons. The van der Waals surface area contributed by atoms with Crippen LogP contribution in [0.3, 0.4) is 0 Å². The van der Waals surface area contributed by atoms with Gasteiger partial charge in [0, 0.05) is 25.8 Å². The predicted molar refractivity (Wildman–Crippen MR) is 74.5 cm³/mol. The van der Waals surface area contributed by atoms with Crippen molar-refractivity contribution in [2.45, 2.75) is 24.8 Å². The largest absolute Gasteiger partial charge is 0.477 e. The molecule has 0 spiro atoms. The fourth-order valence-electron chi connectivity index (χ4n) is 1.69. The number of aromatic carboxylic acids is 1. The van der Waals surface area contributed by atoms with Gasteiger partial charge in [0.2, 0.25) is 10.0 Å². The van der Waals surface area contributed by atoms with Crippen LogP contribution in [-0.4, -0.2) is 43.2 Å². The summed E-state index contributed by atoms with van der Waals surface area (Å²) in [5.41, 5.74) is 4.76. The Hall–Kier alpha value is -2.07. The molecule has 10 heteroatoms. The Kier molecular flexibility index (Phi) is 5.73. The summed E-state index contributed by atoms with van der Waals surface area (Å²) in [6.45, 7) is 2.25. The van der Waals surface area contributed by atoms with Crippen molar-refractivity contribution in [3.8, 4) is 0 Å². The van der Waals surface area contributed by atoms with Crippen LogP contribution < -0.4 is 15.8 Å². The van der Waals surface area contributed by atoms with Gasteiger partial charge in [-0.3, -0.25) is 0 Å². The van der Waals surface area contributed by atoms with Crippen molar-refractivity contribution < 1.29 is 23.1 Å². The van der Waals surface area contributed by atoms with Gasteiger partial charge >= 0.3 is 12.0 Å². The second kappa shape index (κ2) is 7.09. The fourth-order valence-corrected chi connectivity index (χ4v) is 2.76. The van der Waals surface area contributed by atoms with Crippen LogP contribution in [0.25, 0.3) is 0 Å². The van der Waals surface area contributed by atoms with Crippen molar-refractivity contribution in [3.05, 3.63) is 18.0 Å². The zero-order chi connectivity index (χ0) is 16.0. The summed E-state index contributed by atoms with van der Waals surface area (Å²) in [5, 5.41) is 11.3. The van der Waals surface area contributed by atoms with Crippen LogP contribution in [0.1, 0.15) is 23.8 Å². The molecule has 0 bridgehead atoms. The van der Waals surface area contributed by atoms with Crippen LogP contribution in [0.2, 0.25) is 0 Å². The number of carboxylic acids is 1. The zero-order valence-corrected chi connectivity index (χ0v) is 12.3. The van der Waals surface area contributed by atoms with E-state index in [1.165, 1.54) is 10.8 Å². The third-order valence-corrected chi connectivity index (χ3v) is 4.01. The molecule has 1 heterocycles. The first kappa shape index (κ1) is 17.0. The lowest BCUT2D eigenvalue weighted by molar-refractivity contribution is 0.0685. The molecule has 0 aromatic carbocycles. The summed E-state index contributed by atoms with van der Waals surface area (Å²) >= 11 is 0. The molecule has 0 saturated heterocycles. The number of sulfonamides is 1. The highest BCUT2D eigenvalue weighted by molar-refractivity contribution is 7.89. The molecule has 1 rings (SSSR count). The number of carbonyl (C=O) groups is 2. The topological polar surface area (TPSA) is 144 Å². The summed E-state index contributed by atoms with van der Waals surface area (Å²) in [4.78, 5) is 21.4. The monoisotopic (exact) mass is 318 g/mol. The SMILES string of the molecule is CCCn1cc(S(=O)(=O)NCCNC(N)=O)cc1C(=O)O. The van der Waals surface area contributed by atoms with Gasteiger partial charge in [-0.25, -0.2) is 22.7 Å². The lowest BCUT2D eigenvalue weighted by atomic mass is 10.4. The first-order valence-corrected chi connectivity index (χ1v) is 7.72. The van der Waals surface area contributed by atoms with Gasteiger partial charge in [-0.05, 0) is 12.5 Å². The number of primary amides is 1. The number of amides is 2. The molecular weight excluding hydrogens is 300 g/mol. The summed E-state index contributed by atoms with van der Waals surface area (Å²) in [6.07, 6.45) is 1.95. The van der Waals surface area contributed by atoms with E-state index in [-0.39, 0.29) is 23.7 Å². The number of urea groups is 1. The summed E-state index contributed by atoms with van der Waals surface area (Å²) < 4.78 is 27.6. The summed E-state index contributed by atoms with van der Waals surface area (Å²) in [6, 6.07) is 0.346. The van der Waals surface area contributed by atoms with Gasteiger partial charge < -0.3 is 20.7 Å². The van der Waals surface area contributed by atoms with E-state index in [2.05, 4.69) is 10.0 Å². The van der Waals surface area contributed by atoms with Crippen LogP contribution in [0.4, 0.5) is 4.79 Å². The molecule has 118 valence electrons.